The molecule has 2 aromatic rings. The van der Waals surface area contributed by atoms with Gasteiger partial charge in [0.2, 0.25) is 0 Å². The van der Waals surface area contributed by atoms with E-state index in [4.69, 9.17) is 21.1 Å². The maximum absolute atomic E-state index is 12.6. The lowest BCUT2D eigenvalue weighted by Crippen LogP contribution is -2.50. The molecule has 136 valence electrons. The highest BCUT2D eigenvalue weighted by Gasteiger charge is 2.40. The average Bonchev–Trinajstić information content (AvgIpc) is 3.06. The number of aromatic nitrogens is 1. The molecule has 2 bridgehead atoms. The van der Waals surface area contributed by atoms with Crippen LogP contribution in [-0.4, -0.2) is 49.2 Å². The number of aromatic amines is 1. The van der Waals surface area contributed by atoms with Gasteiger partial charge in [0.05, 0.1) is 29.8 Å². The van der Waals surface area contributed by atoms with Crippen LogP contribution in [0.15, 0.2) is 18.3 Å². The minimum atomic E-state index is -0.310. The zero-order valence-corrected chi connectivity index (χ0v) is 15.7. The number of halogens is 2. The van der Waals surface area contributed by atoms with Crippen LogP contribution in [0.4, 0.5) is 0 Å². The smallest absolute Gasteiger partial charge is 0.340 e. The first-order valence-electron chi connectivity index (χ1n) is 8.34. The summed E-state index contributed by atoms with van der Waals surface area (Å²) in [5.74, 6) is 0.345. The van der Waals surface area contributed by atoms with Crippen molar-refractivity contribution < 1.29 is 14.3 Å². The molecule has 0 aliphatic carbocycles. The van der Waals surface area contributed by atoms with Gasteiger partial charge in [0.25, 0.3) is 0 Å². The molecule has 1 N–H and O–H groups in total. The minimum absolute atomic E-state index is 0. The molecule has 1 aromatic heterocycles. The number of H-pyrrole nitrogens is 1. The van der Waals surface area contributed by atoms with Crippen LogP contribution in [0.1, 0.15) is 29.6 Å². The summed E-state index contributed by atoms with van der Waals surface area (Å²) in [6.45, 7) is 3.86. The van der Waals surface area contributed by atoms with Gasteiger partial charge in [-0.25, -0.2) is 4.79 Å². The van der Waals surface area contributed by atoms with Crippen LogP contribution in [-0.2, 0) is 4.74 Å². The Morgan fingerprint density at radius 3 is 2.60 bits per heavy atom. The number of esters is 1. The zero-order valence-electron chi connectivity index (χ0n) is 14.1. The summed E-state index contributed by atoms with van der Waals surface area (Å²) in [4.78, 5) is 18.2. The number of piperidine rings is 3. The largest absolute Gasteiger partial charge is 0.497 e. The molecular formula is C18H22Cl2N2O3. The maximum atomic E-state index is 12.6. The number of benzene rings is 1. The lowest BCUT2D eigenvalue weighted by atomic mass is 9.73. The van der Waals surface area contributed by atoms with Crippen LogP contribution in [0.2, 0.25) is 5.02 Å². The van der Waals surface area contributed by atoms with Crippen LogP contribution in [0.5, 0.6) is 5.75 Å². The SMILES string of the molecule is COc1cc(Cl)c2c(C(=O)OCC34CCN(CC3)CC4)c[nH]c2c1.Cl. The van der Waals surface area contributed by atoms with E-state index in [2.05, 4.69) is 9.88 Å². The first-order chi connectivity index (χ1) is 11.6. The number of carbonyl (C=O) groups is 1. The van der Waals surface area contributed by atoms with Crippen LogP contribution >= 0.6 is 24.0 Å². The van der Waals surface area contributed by atoms with E-state index < -0.39 is 0 Å². The zero-order chi connectivity index (χ0) is 16.7. The normalized spacial score (nSPS) is 24.8. The van der Waals surface area contributed by atoms with Gasteiger partial charge in [-0.05, 0) is 45.0 Å². The van der Waals surface area contributed by atoms with Gasteiger partial charge in [-0.1, -0.05) is 11.6 Å². The lowest BCUT2D eigenvalue weighted by Gasteiger charge is -2.47. The van der Waals surface area contributed by atoms with E-state index >= 15 is 0 Å². The molecule has 1 aromatic carbocycles. The van der Waals surface area contributed by atoms with Crippen molar-refractivity contribution in [1.82, 2.24) is 9.88 Å². The van der Waals surface area contributed by atoms with Gasteiger partial charge in [0, 0.05) is 23.1 Å². The van der Waals surface area contributed by atoms with E-state index in [-0.39, 0.29) is 23.8 Å². The molecule has 0 spiro atoms. The van der Waals surface area contributed by atoms with Gasteiger partial charge in [-0.2, -0.15) is 0 Å². The fourth-order valence-electron chi connectivity index (χ4n) is 3.88. The molecule has 0 radical (unpaired) electrons. The Balaban J connectivity index is 0.00000182. The van der Waals surface area contributed by atoms with Crippen LogP contribution in [0.3, 0.4) is 0 Å². The molecule has 5 nitrogen and oxygen atoms in total. The number of carbonyl (C=O) groups excluding carboxylic acids is 1. The topological polar surface area (TPSA) is 54.6 Å². The van der Waals surface area contributed by atoms with Crippen LogP contribution < -0.4 is 4.74 Å². The molecule has 0 atom stereocenters. The molecule has 3 fully saturated rings. The Morgan fingerprint density at radius 2 is 1.96 bits per heavy atom. The van der Waals surface area contributed by atoms with E-state index in [1.165, 1.54) is 0 Å². The highest BCUT2D eigenvalue weighted by molar-refractivity contribution is 6.37. The minimum Gasteiger partial charge on any atom is -0.497 e. The third kappa shape index (κ3) is 3.33. The summed E-state index contributed by atoms with van der Waals surface area (Å²) in [6.07, 6.45) is 5.02. The maximum Gasteiger partial charge on any atom is 0.340 e. The number of methoxy groups -OCH3 is 1. The lowest BCUT2D eigenvalue weighted by molar-refractivity contribution is -0.0304. The van der Waals surface area contributed by atoms with Crippen LogP contribution in [0.25, 0.3) is 10.9 Å². The predicted octanol–water partition coefficient (Wildman–Crippen LogP) is 3.89. The molecule has 0 unspecified atom stereocenters. The standard InChI is InChI=1S/C18H21ClN2O3.ClH/c1-23-12-8-14(19)16-13(10-20-15(16)9-12)17(22)24-11-18-2-5-21(6-3-18)7-4-18;/h8-10,20H,2-7,11H2,1H3;1H. The highest BCUT2D eigenvalue weighted by atomic mass is 35.5. The average molecular weight is 385 g/mol. The Labute approximate surface area is 158 Å². The van der Waals surface area contributed by atoms with Crippen LogP contribution in [0, 0.1) is 5.41 Å². The number of nitrogens with one attached hydrogen (secondary N) is 1. The summed E-state index contributed by atoms with van der Waals surface area (Å²) >= 11 is 6.33. The van der Waals surface area contributed by atoms with Crippen molar-refractivity contribution in [2.45, 2.75) is 19.3 Å². The Kier molecular flexibility index (Phi) is 5.19. The summed E-state index contributed by atoms with van der Waals surface area (Å²) in [7, 11) is 1.59. The molecule has 0 amide bonds. The Hall–Kier alpha value is -1.43. The summed E-state index contributed by atoms with van der Waals surface area (Å²) in [6, 6.07) is 3.54. The molecule has 7 heteroatoms. The van der Waals surface area contributed by atoms with Gasteiger partial charge in [-0.3, -0.25) is 0 Å². The Bertz CT molecular complexity index is 768. The molecular weight excluding hydrogens is 363 g/mol. The Morgan fingerprint density at radius 1 is 1.28 bits per heavy atom. The van der Waals surface area contributed by atoms with Crippen molar-refractivity contribution in [2.24, 2.45) is 5.41 Å². The van der Waals surface area contributed by atoms with Crippen molar-refractivity contribution >= 4 is 40.9 Å². The van der Waals surface area contributed by atoms with E-state index in [1.54, 1.807) is 19.4 Å². The molecule has 0 saturated carbocycles. The fraction of sp³-hybridized carbons (Fsp3) is 0.500. The van der Waals surface area contributed by atoms with E-state index in [0.29, 0.717) is 28.3 Å². The van der Waals surface area contributed by atoms with Crippen molar-refractivity contribution in [2.75, 3.05) is 33.4 Å². The molecule has 5 rings (SSSR count). The summed E-state index contributed by atoms with van der Waals surface area (Å²) < 4.78 is 10.9. The fourth-order valence-corrected chi connectivity index (χ4v) is 4.19. The van der Waals surface area contributed by atoms with E-state index in [9.17, 15) is 4.79 Å². The number of rotatable bonds is 4. The van der Waals surface area contributed by atoms with Gasteiger partial charge in [0.15, 0.2) is 0 Å². The van der Waals surface area contributed by atoms with Gasteiger partial charge >= 0.3 is 5.97 Å². The first kappa shape index (κ1) is 18.4. The van der Waals surface area contributed by atoms with Crippen molar-refractivity contribution in [3.63, 3.8) is 0 Å². The highest BCUT2D eigenvalue weighted by Crippen LogP contribution is 2.40. The molecule has 3 saturated heterocycles. The molecule has 3 aliphatic rings. The van der Waals surface area contributed by atoms with Crippen molar-refractivity contribution in [1.29, 1.82) is 0 Å². The number of nitrogens with zero attached hydrogens (tertiary/aromatic N) is 1. The monoisotopic (exact) mass is 384 g/mol. The number of fused-ring (bicyclic) bond motifs is 4. The number of ether oxygens (including phenoxy) is 2. The van der Waals surface area contributed by atoms with Gasteiger partial charge in [-0.15, -0.1) is 12.4 Å². The second-order valence-electron chi connectivity index (χ2n) is 6.90. The summed E-state index contributed by atoms with van der Waals surface area (Å²) in [5, 5.41) is 1.18. The molecule has 25 heavy (non-hydrogen) atoms. The number of hydrogen-bond donors (Lipinski definition) is 1. The predicted molar refractivity (Wildman–Crippen MR) is 100 cm³/mol. The second kappa shape index (κ2) is 7.06. The first-order valence-corrected chi connectivity index (χ1v) is 8.72. The molecule has 4 heterocycles. The van der Waals surface area contributed by atoms with Gasteiger partial charge in [0.1, 0.15) is 5.75 Å². The third-order valence-corrected chi connectivity index (χ3v) is 5.84. The molecule has 3 aliphatic heterocycles. The van der Waals surface area contributed by atoms with Crippen molar-refractivity contribution in [3.8, 4) is 5.75 Å². The van der Waals surface area contributed by atoms with E-state index in [0.717, 1.165) is 44.4 Å². The quantitative estimate of drug-likeness (QED) is 0.812. The second-order valence-corrected chi connectivity index (χ2v) is 7.31. The van der Waals surface area contributed by atoms with Crippen molar-refractivity contribution in [3.05, 3.63) is 28.9 Å². The van der Waals surface area contributed by atoms with Gasteiger partial charge < -0.3 is 19.4 Å². The van der Waals surface area contributed by atoms with E-state index in [1.807, 2.05) is 6.07 Å². The summed E-state index contributed by atoms with van der Waals surface area (Å²) in [5.41, 5.74) is 1.43. The third-order valence-electron chi connectivity index (χ3n) is 5.55. The number of hydrogen-bond acceptors (Lipinski definition) is 4.